The lowest BCUT2D eigenvalue weighted by molar-refractivity contribution is -0.137. The van der Waals surface area contributed by atoms with Crippen molar-refractivity contribution in [2.24, 2.45) is 0 Å². The van der Waals surface area contributed by atoms with Gasteiger partial charge in [-0.05, 0) is 13.8 Å². The third kappa shape index (κ3) is 7.35. The second-order valence-electron chi connectivity index (χ2n) is 3.57. The van der Waals surface area contributed by atoms with Gasteiger partial charge in [0.2, 0.25) is 0 Å². The first-order valence-electron chi connectivity index (χ1n) is 5.47. The summed E-state index contributed by atoms with van der Waals surface area (Å²) in [4.78, 5) is 23.4. The molecule has 0 aromatic heterocycles. The highest BCUT2D eigenvalue weighted by atomic mass is 16.5. The number of carbonyl (C=O) groups excluding carboxylic acids is 1. The summed E-state index contributed by atoms with van der Waals surface area (Å²) in [5.74, 6) is -1.06. The van der Waals surface area contributed by atoms with Gasteiger partial charge in [-0.15, -0.1) is 6.58 Å². The van der Waals surface area contributed by atoms with Crippen LogP contribution in [0.4, 0.5) is 4.79 Å². The molecule has 0 aromatic carbocycles. The minimum absolute atomic E-state index is 0.163. The molecule has 98 valence electrons. The van der Waals surface area contributed by atoms with Crippen LogP contribution < -0.4 is 5.32 Å². The molecule has 1 atom stereocenters. The number of nitrogens with zero attached hydrogens (tertiary/aromatic N) is 1. The van der Waals surface area contributed by atoms with Gasteiger partial charge in [-0.2, -0.15) is 0 Å². The van der Waals surface area contributed by atoms with E-state index in [0.29, 0.717) is 13.2 Å². The fourth-order valence-electron chi connectivity index (χ4n) is 1.18. The lowest BCUT2D eigenvalue weighted by Crippen LogP contribution is -2.47. The molecule has 2 N–H and O–H groups in total. The molecular weight excluding hydrogens is 224 g/mol. The van der Waals surface area contributed by atoms with E-state index in [1.807, 2.05) is 6.92 Å². The van der Waals surface area contributed by atoms with Crippen LogP contribution in [0.1, 0.15) is 13.8 Å². The molecule has 6 nitrogen and oxygen atoms in total. The van der Waals surface area contributed by atoms with Gasteiger partial charge in [0, 0.05) is 13.2 Å². The number of amides is 2. The summed E-state index contributed by atoms with van der Waals surface area (Å²) >= 11 is 0. The predicted molar refractivity (Wildman–Crippen MR) is 63.9 cm³/mol. The SMILES string of the molecule is C=CCN(CC(=O)O)C(=O)NC(C)COCC. The monoisotopic (exact) mass is 244 g/mol. The third-order valence-corrected chi connectivity index (χ3v) is 1.90. The molecule has 1 unspecified atom stereocenters. The zero-order valence-corrected chi connectivity index (χ0v) is 10.3. The van der Waals surface area contributed by atoms with E-state index in [1.165, 1.54) is 6.08 Å². The van der Waals surface area contributed by atoms with Crippen molar-refractivity contribution >= 4 is 12.0 Å². The maximum atomic E-state index is 11.7. The highest BCUT2D eigenvalue weighted by molar-refractivity contribution is 5.80. The Morgan fingerprint density at radius 1 is 1.59 bits per heavy atom. The van der Waals surface area contributed by atoms with Gasteiger partial charge < -0.3 is 20.1 Å². The van der Waals surface area contributed by atoms with Crippen LogP contribution in [0.25, 0.3) is 0 Å². The Bertz CT molecular complexity index is 268. The average Bonchev–Trinajstić information content (AvgIpc) is 2.25. The zero-order valence-electron chi connectivity index (χ0n) is 10.3. The molecule has 0 aliphatic carbocycles. The first kappa shape index (κ1) is 15.4. The van der Waals surface area contributed by atoms with Gasteiger partial charge >= 0.3 is 12.0 Å². The van der Waals surface area contributed by atoms with Crippen molar-refractivity contribution in [1.29, 1.82) is 0 Å². The molecular formula is C11H20N2O4. The van der Waals surface area contributed by atoms with Crippen LogP contribution >= 0.6 is 0 Å². The standard InChI is InChI=1S/C11H20N2O4/c1-4-6-13(7-10(14)15)11(16)12-9(3)8-17-5-2/h4,9H,1,5-8H2,2-3H3,(H,12,16)(H,14,15). The second-order valence-corrected chi connectivity index (χ2v) is 3.57. The Hall–Kier alpha value is -1.56. The molecule has 0 aliphatic heterocycles. The number of ether oxygens (including phenoxy) is 1. The minimum Gasteiger partial charge on any atom is -0.480 e. The molecule has 2 amide bonds. The first-order valence-corrected chi connectivity index (χ1v) is 5.47. The van der Waals surface area contributed by atoms with Crippen LogP contribution in [-0.4, -0.2) is 54.4 Å². The van der Waals surface area contributed by atoms with Crippen molar-refractivity contribution in [3.05, 3.63) is 12.7 Å². The molecule has 0 fully saturated rings. The van der Waals surface area contributed by atoms with E-state index in [0.717, 1.165) is 4.90 Å². The van der Waals surface area contributed by atoms with Crippen molar-refractivity contribution in [3.8, 4) is 0 Å². The third-order valence-electron chi connectivity index (χ3n) is 1.90. The van der Waals surface area contributed by atoms with Crippen LogP contribution in [0.2, 0.25) is 0 Å². The van der Waals surface area contributed by atoms with Crippen molar-refractivity contribution in [2.45, 2.75) is 19.9 Å². The van der Waals surface area contributed by atoms with Crippen LogP contribution in [0, 0.1) is 0 Å². The van der Waals surface area contributed by atoms with Gasteiger partial charge in [0.25, 0.3) is 0 Å². The van der Waals surface area contributed by atoms with Gasteiger partial charge in [0.05, 0.1) is 12.6 Å². The summed E-state index contributed by atoms with van der Waals surface area (Å²) in [6.07, 6.45) is 1.48. The molecule has 0 aliphatic rings. The largest absolute Gasteiger partial charge is 0.480 e. The normalized spacial score (nSPS) is 11.6. The molecule has 0 heterocycles. The van der Waals surface area contributed by atoms with E-state index in [2.05, 4.69) is 11.9 Å². The number of carbonyl (C=O) groups is 2. The number of hydrogen-bond donors (Lipinski definition) is 2. The summed E-state index contributed by atoms with van der Waals surface area (Å²) in [6, 6.07) is -0.594. The molecule has 0 saturated carbocycles. The van der Waals surface area contributed by atoms with E-state index in [9.17, 15) is 9.59 Å². The lowest BCUT2D eigenvalue weighted by atomic mass is 10.3. The van der Waals surface area contributed by atoms with Crippen molar-refractivity contribution < 1.29 is 19.4 Å². The highest BCUT2D eigenvalue weighted by Crippen LogP contribution is 1.93. The summed E-state index contributed by atoms with van der Waals surface area (Å²) in [5.41, 5.74) is 0. The van der Waals surface area contributed by atoms with Gasteiger partial charge in [0.1, 0.15) is 6.54 Å². The topological polar surface area (TPSA) is 78.9 Å². The van der Waals surface area contributed by atoms with Crippen LogP contribution in [0.3, 0.4) is 0 Å². The number of nitrogens with one attached hydrogen (secondary N) is 1. The summed E-state index contributed by atoms with van der Waals surface area (Å²) in [7, 11) is 0. The number of hydrogen-bond acceptors (Lipinski definition) is 3. The molecule has 0 aromatic rings. The van der Waals surface area contributed by atoms with E-state index < -0.39 is 12.0 Å². The Morgan fingerprint density at radius 2 is 2.24 bits per heavy atom. The Balaban J connectivity index is 4.20. The number of urea groups is 1. The number of rotatable bonds is 8. The lowest BCUT2D eigenvalue weighted by Gasteiger charge is -2.22. The van der Waals surface area contributed by atoms with E-state index in [1.54, 1.807) is 6.92 Å². The molecule has 6 heteroatoms. The van der Waals surface area contributed by atoms with Gasteiger partial charge in [-0.3, -0.25) is 4.79 Å². The average molecular weight is 244 g/mol. The molecule has 0 spiro atoms. The summed E-state index contributed by atoms with van der Waals surface area (Å²) in [5, 5.41) is 11.3. The van der Waals surface area contributed by atoms with Crippen molar-refractivity contribution in [1.82, 2.24) is 10.2 Å². The number of carboxylic acid groups (broad SMARTS) is 1. The molecule has 0 radical (unpaired) electrons. The fraction of sp³-hybridized carbons (Fsp3) is 0.636. The summed E-state index contributed by atoms with van der Waals surface area (Å²) in [6.45, 7) is 7.96. The Kier molecular flexibility index (Phi) is 7.79. The number of carboxylic acids is 1. The van der Waals surface area contributed by atoms with E-state index in [-0.39, 0.29) is 19.1 Å². The molecule has 17 heavy (non-hydrogen) atoms. The minimum atomic E-state index is -1.06. The quantitative estimate of drug-likeness (QED) is 0.616. The molecule has 0 bridgehead atoms. The van der Waals surface area contributed by atoms with Crippen molar-refractivity contribution in [3.63, 3.8) is 0 Å². The summed E-state index contributed by atoms with van der Waals surface area (Å²) < 4.78 is 5.15. The second kappa shape index (κ2) is 8.58. The highest BCUT2D eigenvalue weighted by Gasteiger charge is 2.16. The van der Waals surface area contributed by atoms with E-state index in [4.69, 9.17) is 9.84 Å². The maximum Gasteiger partial charge on any atom is 0.323 e. The molecule has 0 rings (SSSR count). The van der Waals surface area contributed by atoms with E-state index >= 15 is 0 Å². The van der Waals surface area contributed by atoms with Gasteiger partial charge in [-0.25, -0.2) is 4.79 Å². The van der Waals surface area contributed by atoms with Crippen molar-refractivity contribution in [2.75, 3.05) is 26.3 Å². The van der Waals surface area contributed by atoms with Crippen LogP contribution in [0.5, 0.6) is 0 Å². The van der Waals surface area contributed by atoms with Gasteiger partial charge in [0.15, 0.2) is 0 Å². The smallest absolute Gasteiger partial charge is 0.323 e. The van der Waals surface area contributed by atoms with Crippen LogP contribution in [-0.2, 0) is 9.53 Å². The Labute approximate surface area is 101 Å². The maximum absolute atomic E-state index is 11.7. The zero-order chi connectivity index (χ0) is 13.3. The predicted octanol–water partition coefficient (Wildman–Crippen LogP) is 0.694. The van der Waals surface area contributed by atoms with Gasteiger partial charge in [-0.1, -0.05) is 6.08 Å². The Morgan fingerprint density at radius 3 is 2.71 bits per heavy atom. The first-order chi connectivity index (χ1) is 8.01. The number of aliphatic carboxylic acids is 1. The molecule has 0 saturated heterocycles. The van der Waals surface area contributed by atoms with Crippen LogP contribution in [0.15, 0.2) is 12.7 Å². The fourth-order valence-corrected chi connectivity index (χ4v) is 1.18.